The summed E-state index contributed by atoms with van der Waals surface area (Å²) in [5.74, 6) is 0.534. The number of halogens is 1. The van der Waals surface area contributed by atoms with E-state index in [1.807, 2.05) is 7.05 Å². The van der Waals surface area contributed by atoms with Crippen LogP contribution >= 0.6 is 0 Å². The molecule has 0 radical (unpaired) electrons. The van der Waals surface area contributed by atoms with Gasteiger partial charge >= 0.3 is 6.03 Å². The molecule has 1 fully saturated rings. The lowest BCUT2D eigenvalue weighted by Gasteiger charge is -2.28. The molecular formula is C20H23FN6O2. The Morgan fingerprint density at radius 2 is 2.17 bits per heavy atom. The van der Waals surface area contributed by atoms with Crippen LogP contribution in [0.5, 0.6) is 0 Å². The molecule has 0 saturated carbocycles. The van der Waals surface area contributed by atoms with E-state index in [1.54, 1.807) is 35.0 Å². The molecule has 2 amide bonds. The SMILES string of the molecule is Cc1cc(F)ccc1NC(=O)N1CCCCCC1c1noc(-c2cnn(C)c2)n1. The Morgan fingerprint density at radius 1 is 1.31 bits per heavy atom. The molecular weight excluding hydrogens is 375 g/mol. The van der Waals surface area contributed by atoms with E-state index in [0.29, 0.717) is 29.5 Å². The first-order chi connectivity index (χ1) is 14.0. The maximum atomic E-state index is 13.4. The lowest BCUT2D eigenvalue weighted by atomic mass is 10.1. The number of urea groups is 1. The number of amides is 2. The highest BCUT2D eigenvalue weighted by atomic mass is 19.1. The number of rotatable bonds is 3. The number of aromatic nitrogens is 4. The van der Waals surface area contributed by atoms with Crippen LogP contribution in [0.1, 0.15) is 43.1 Å². The number of anilines is 1. The summed E-state index contributed by atoms with van der Waals surface area (Å²) in [5, 5.41) is 11.2. The van der Waals surface area contributed by atoms with Crippen LogP contribution in [-0.4, -0.2) is 37.4 Å². The summed E-state index contributed by atoms with van der Waals surface area (Å²) in [6, 6.07) is 3.77. The van der Waals surface area contributed by atoms with Crippen molar-refractivity contribution in [3.8, 4) is 11.5 Å². The Balaban J connectivity index is 1.57. The van der Waals surface area contributed by atoms with E-state index in [0.717, 1.165) is 31.2 Å². The molecule has 1 saturated heterocycles. The molecule has 1 aliphatic rings. The molecule has 0 aliphatic carbocycles. The van der Waals surface area contributed by atoms with Crippen LogP contribution < -0.4 is 5.32 Å². The zero-order valence-electron chi connectivity index (χ0n) is 16.4. The molecule has 9 heteroatoms. The highest BCUT2D eigenvalue weighted by Crippen LogP contribution is 2.31. The molecule has 1 aliphatic heterocycles. The summed E-state index contributed by atoms with van der Waals surface area (Å²) in [5.41, 5.74) is 1.99. The third-order valence-corrected chi connectivity index (χ3v) is 5.14. The first kappa shape index (κ1) is 19.1. The van der Waals surface area contributed by atoms with Gasteiger partial charge in [0.25, 0.3) is 5.89 Å². The number of nitrogens with zero attached hydrogens (tertiary/aromatic N) is 5. The average Bonchev–Trinajstić information content (AvgIpc) is 3.27. The Bertz CT molecular complexity index is 1010. The molecule has 3 heterocycles. The lowest BCUT2D eigenvalue weighted by molar-refractivity contribution is 0.185. The quantitative estimate of drug-likeness (QED) is 0.718. The first-order valence-corrected chi connectivity index (χ1v) is 9.67. The number of benzene rings is 1. The average molecular weight is 398 g/mol. The summed E-state index contributed by atoms with van der Waals surface area (Å²) in [6.07, 6.45) is 7.11. The summed E-state index contributed by atoms with van der Waals surface area (Å²) in [4.78, 5) is 19.3. The monoisotopic (exact) mass is 398 g/mol. The second-order valence-corrected chi connectivity index (χ2v) is 7.31. The first-order valence-electron chi connectivity index (χ1n) is 9.67. The van der Waals surface area contributed by atoms with Crippen LogP contribution in [0, 0.1) is 12.7 Å². The Labute approximate surface area is 167 Å². The molecule has 1 atom stereocenters. The molecule has 0 bridgehead atoms. The molecule has 3 aromatic rings. The van der Waals surface area contributed by atoms with Crippen LogP contribution in [0.25, 0.3) is 11.5 Å². The minimum absolute atomic E-state index is 0.251. The van der Waals surface area contributed by atoms with Crippen molar-refractivity contribution in [3.63, 3.8) is 0 Å². The van der Waals surface area contributed by atoms with Crippen molar-refractivity contribution in [2.45, 2.75) is 38.6 Å². The minimum atomic E-state index is -0.331. The van der Waals surface area contributed by atoms with Gasteiger partial charge < -0.3 is 14.7 Å². The molecule has 8 nitrogen and oxygen atoms in total. The second-order valence-electron chi connectivity index (χ2n) is 7.31. The van der Waals surface area contributed by atoms with Crippen LogP contribution in [0.2, 0.25) is 0 Å². The number of carbonyl (C=O) groups excluding carboxylic acids is 1. The fraction of sp³-hybridized carbons (Fsp3) is 0.400. The van der Waals surface area contributed by atoms with Gasteiger partial charge in [0.05, 0.1) is 17.8 Å². The van der Waals surface area contributed by atoms with Crippen molar-refractivity contribution in [1.82, 2.24) is 24.8 Å². The van der Waals surface area contributed by atoms with Crippen molar-refractivity contribution in [3.05, 3.63) is 47.8 Å². The predicted molar refractivity (Wildman–Crippen MR) is 105 cm³/mol. The van der Waals surface area contributed by atoms with E-state index in [-0.39, 0.29) is 17.9 Å². The Hall–Kier alpha value is -3.23. The van der Waals surface area contributed by atoms with Gasteiger partial charge in [-0.2, -0.15) is 10.1 Å². The van der Waals surface area contributed by atoms with E-state index in [9.17, 15) is 9.18 Å². The van der Waals surface area contributed by atoms with Crippen molar-refractivity contribution < 1.29 is 13.7 Å². The Kier molecular flexibility index (Phi) is 5.28. The van der Waals surface area contributed by atoms with Gasteiger partial charge in [0, 0.05) is 25.5 Å². The lowest BCUT2D eigenvalue weighted by Crippen LogP contribution is -2.38. The number of hydrogen-bond donors (Lipinski definition) is 1. The van der Waals surface area contributed by atoms with Crippen LogP contribution in [0.4, 0.5) is 14.9 Å². The van der Waals surface area contributed by atoms with Gasteiger partial charge in [0.1, 0.15) is 5.82 Å². The van der Waals surface area contributed by atoms with E-state index in [2.05, 4.69) is 20.6 Å². The predicted octanol–water partition coefficient (Wildman–Crippen LogP) is 4.07. The van der Waals surface area contributed by atoms with E-state index in [1.165, 1.54) is 12.1 Å². The molecule has 1 N–H and O–H groups in total. The van der Waals surface area contributed by atoms with Crippen LogP contribution in [0.15, 0.2) is 35.1 Å². The van der Waals surface area contributed by atoms with Crippen molar-refractivity contribution in [2.75, 3.05) is 11.9 Å². The molecule has 29 heavy (non-hydrogen) atoms. The third-order valence-electron chi connectivity index (χ3n) is 5.14. The van der Waals surface area contributed by atoms with E-state index < -0.39 is 0 Å². The Morgan fingerprint density at radius 3 is 2.93 bits per heavy atom. The van der Waals surface area contributed by atoms with Gasteiger partial charge in [-0.3, -0.25) is 4.68 Å². The number of carbonyl (C=O) groups is 1. The van der Waals surface area contributed by atoms with Crippen molar-refractivity contribution in [2.24, 2.45) is 7.05 Å². The van der Waals surface area contributed by atoms with Gasteiger partial charge in [-0.1, -0.05) is 18.0 Å². The van der Waals surface area contributed by atoms with E-state index >= 15 is 0 Å². The standard InChI is InChI=1S/C20H23FN6O2/c1-13-10-15(21)7-8-16(13)23-20(28)27-9-5-3-4-6-17(27)18-24-19(29-25-18)14-11-22-26(2)12-14/h7-8,10-12,17H,3-6,9H2,1-2H3,(H,23,28). The summed E-state index contributed by atoms with van der Waals surface area (Å²) < 4.78 is 20.4. The summed E-state index contributed by atoms with van der Waals surface area (Å²) in [7, 11) is 1.82. The van der Waals surface area contributed by atoms with Crippen LogP contribution in [-0.2, 0) is 7.05 Å². The highest BCUT2D eigenvalue weighted by Gasteiger charge is 2.31. The maximum absolute atomic E-state index is 13.4. The molecule has 0 spiro atoms. The number of hydrogen-bond acceptors (Lipinski definition) is 5. The minimum Gasteiger partial charge on any atom is -0.334 e. The van der Waals surface area contributed by atoms with Gasteiger partial charge in [-0.05, 0) is 43.5 Å². The van der Waals surface area contributed by atoms with Crippen molar-refractivity contribution >= 4 is 11.7 Å². The summed E-state index contributed by atoms with van der Waals surface area (Å²) >= 11 is 0. The molecule has 1 unspecified atom stereocenters. The topological polar surface area (TPSA) is 89.1 Å². The number of nitrogens with one attached hydrogen (secondary N) is 1. The fourth-order valence-corrected chi connectivity index (χ4v) is 3.59. The molecule has 152 valence electrons. The van der Waals surface area contributed by atoms with Gasteiger partial charge in [-0.15, -0.1) is 0 Å². The smallest absolute Gasteiger partial charge is 0.322 e. The highest BCUT2D eigenvalue weighted by molar-refractivity contribution is 5.90. The van der Waals surface area contributed by atoms with Gasteiger partial charge in [0.2, 0.25) is 0 Å². The normalized spacial score (nSPS) is 17.2. The third kappa shape index (κ3) is 4.13. The molecule has 1 aromatic carbocycles. The maximum Gasteiger partial charge on any atom is 0.322 e. The zero-order chi connectivity index (χ0) is 20.4. The largest absolute Gasteiger partial charge is 0.334 e. The number of aryl methyl sites for hydroxylation is 2. The summed E-state index contributed by atoms with van der Waals surface area (Å²) in [6.45, 7) is 2.35. The fourth-order valence-electron chi connectivity index (χ4n) is 3.59. The zero-order valence-corrected chi connectivity index (χ0v) is 16.4. The van der Waals surface area contributed by atoms with Crippen LogP contribution in [0.3, 0.4) is 0 Å². The molecule has 2 aromatic heterocycles. The van der Waals surface area contributed by atoms with Gasteiger partial charge in [-0.25, -0.2) is 9.18 Å². The second kappa shape index (κ2) is 8.02. The van der Waals surface area contributed by atoms with Gasteiger partial charge in [0.15, 0.2) is 5.82 Å². The van der Waals surface area contributed by atoms with Crippen molar-refractivity contribution in [1.29, 1.82) is 0 Å². The molecule has 4 rings (SSSR count). The number of likely N-dealkylation sites (tertiary alicyclic amines) is 1. The van der Waals surface area contributed by atoms with E-state index in [4.69, 9.17) is 4.52 Å².